The fraction of sp³-hybridized carbons (Fsp3) is 0.217. The summed E-state index contributed by atoms with van der Waals surface area (Å²) < 4.78 is 49.7. The third-order valence-electron chi connectivity index (χ3n) is 4.86. The molecule has 4 aromatic rings. The molecule has 0 bridgehead atoms. The molecule has 0 radical (unpaired) electrons. The molecule has 0 spiro atoms. The fourth-order valence-corrected chi connectivity index (χ4v) is 3.09. The average Bonchev–Trinajstić information content (AvgIpc) is 3.29. The maximum Gasteiger partial charge on any atom is 0.326 e. The highest BCUT2D eigenvalue weighted by atomic mass is 19.1. The van der Waals surface area contributed by atoms with Crippen molar-refractivity contribution in [3.05, 3.63) is 54.2 Å². The predicted octanol–water partition coefficient (Wildman–Crippen LogP) is 5.42. The van der Waals surface area contributed by atoms with Gasteiger partial charge in [0.15, 0.2) is 28.7 Å². The number of nitrogens with zero attached hydrogens (tertiary/aromatic N) is 3. The predicted molar refractivity (Wildman–Crippen MR) is 122 cm³/mol. The van der Waals surface area contributed by atoms with Gasteiger partial charge in [-0.05, 0) is 32.0 Å². The lowest BCUT2D eigenvalue weighted by molar-refractivity contribution is 0.205. The number of alkyl halides is 1. The number of nitrogens with one attached hydrogen (secondary N) is 2. The smallest absolute Gasteiger partial charge is 0.326 e. The lowest BCUT2D eigenvalue weighted by atomic mass is 10.1. The van der Waals surface area contributed by atoms with E-state index in [9.17, 15) is 13.6 Å². The van der Waals surface area contributed by atoms with Crippen LogP contribution in [0.2, 0.25) is 0 Å². The molecule has 4 rings (SSSR count). The standard InChI is InChI=1S/C23H21F2N5O5/c1-23(2,25)19-10-20(35-30-19)29-22(31)28-12-5-6-14(24)16(7-12)34-21-13-8-17(32-3)18(33-4)9-15(13)26-11-27-21/h5-11H,1-4H3,(H2,28,29,31). The number of fused-ring (bicyclic) bond motifs is 1. The van der Waals surface area contributed by atoms with Crippen molar-refractivity contribution in [1.29, 1.82) is 0 Å². The normalized spacial score (nSPS) is 11.3. The van der Waals surface area contributed by atoms with Crippen molar-refractivity contribution >= 4 is 28.5 Å². The van der Waals surface area contributed by atoms with E-state index in [1.54, 1.807) is 12.1 Å². The first kappa shape index (κ1) is 23.7. The summed E-state index contributed by atoms with van der Waals surface area (Å²) in [6.45, 7) is 2.62. The number of hydrogen-bond acceptors (Lipinski definition) is 8. The first-order valence-corrected chi connectivity index (χ1v) is 10.3. The molecule has 0 unspecified atom stereocenters. The van der Waals surface area contributed by atoms with E-state index in [1.165, 1.54) is 52.6 Å². The van der Waals surface area contributed by atoms with Crippen molar-refractivity contribution in [2.45, 2.75) is 19.5 Å². The molecule has 2 aromatic heterocycles. The Hall–Kier alpha value is -4.48. The molecular formula is C23H21F2N5O5. The summed E-state index contributed by atoms with van der Waals surface area (Å²) in [5, 5.41) is 8.94. The third-order valence-corrected chi connectivity index (χ3v) is 4.86. The number of hydrogen-bond donors (Lipinski definition) is 2. The van der Waals surface area contributed by atoms with E-state index in [0.717, 1.165) is 6.07 Å². The van der Waals surface area contributed by atoms with E-state index < -0.39 is 17.5 Å². The van der Waals surface area contributed by atoms with Crippen molar-refractivity contribution in [2.75, 3.05) is 24.9 Å². The van der Waals surface area contributed by atoms with Gasteiger partial charge in [0.25, 0.3) is 0 Å². The summed E-state index contributed by atoms with van der Waals surface area (Å²) in [5.41, 5.74) is -1.01. The molecule has 35 heavy (non-hydrogen) atoms. The molecule has 0 saturated carbocycles. The van der Waals surface area contributed by atoms with E-state index in [-0.39, 0.29) is 28.9 Å². The Bertz CT molecular complexity index is 1390. The van der Waals surface area contributed by atoms with Gasteiger partial charge in [-0.2, -0.15) is 0 Å². The minimum absolute atomic E-state index is 0.0246. The number of carbonyl (C=O) groups is 1. The van der Waals surface area contributed by atoms with Gasteiger partial charge < -0.3 is 24.1 Å². The Balaban J connectivity index is 1.54. The number of aromatic nitrogens is 3. The number of anilines is 2. The van der Waals surface area contributed by atoms with Crippen LogP contribution < -0.4 is 24.8 Å². The molecule has 2 amide bonds. The van der Waals surface area contributed by atoms with Gasteiger partial charge in [-0.1, -0.05) is 5.16 Å². The summed E-state index contributed by atoms with van der Waals surface area (Å²) in [7, 11) is 2.97. The van der Waals surface area contributed by atoms with Gasteiger partial charge in [-0.25, -0.2) is 23.5 Å². The summed E-state index contributed by atoms with van der Waals surface area (Å²) >= 11 is 0. The monoisotopic (exact) mass is 485 g/mol. The van der Waals surface area contributed by atoms with Crippen LogP contribution in [-0.4, -0.2) is 35.4 Å². The molecule has 2 heterocycles. The van der Waals surface area contributed by atoms with Crippen LogP contribution in [0.25, 0.3) is 10.9 Å². The van der Waals surface area contributed by atoms with E-state index in [4.69, 9.17) is 18.7 Å². The lowest BCUT2D eigenvalue weighted by Gasteiger charge is -2.12. The maximum absolute atomic E-state index is 14.5. The highest BCUT2D eigenvalue weighted by Gasteiger charge is 2.24. The van der Waals surface area contributed by atoms with Gasteiger partial charge in [0.05, 0.1) is 25.1 Å². The second kappa shape index (κ2) is 9.41. The zero-order valence-electron chi connectivity index (χ0n) is 19.2. The fourth-order valence-electron chi connectivity index (χ4n) is 3.09. The number of ether oxygens (including phenoxy) is 3. The van der Waals surface area contributed by atoms with Crippen molar-refractivity contribution in [1.82, 2.24) is 15.1 Å². The molecule has 0 aliphatic carbocycles. The Morgan fingerprint density at radius 1 is 1.00 bits per heavy atom. The molecule has 12 heteroatoms. The second-order valence-electron chi connectivity index (χ2n) is 7.78. The first-order valence-electron chi connectivity index (χ1n) is 10.3. The second-order valence-corrected chi connectivity index (χ2v) is 7.78. The van der Waals surface area contributed by atoms with Crippen LogP contribution >= 0.6 is 0 Å². The van der Waals surface area contributed by atoms with Crippen LogP contribution in [0.5, 0.6) is 23.1 Å². The Labute approximate surface area is 198 Å². The highest BCUT2D eigenvalue weighted by Crippen LogP contribution is 2.36. The quantitative estimate of drug-likeness (QED) is 0.356. The first-order chi connectivity index (χ1) is 16.7. The van der Waals surface area contributed by atoms with Crippen LogP contribution in [0.4, 0.5) is 25.1 Å². The number of carbonyl (C=O) groups excluding carboxylic acids is 1. The van der Waals surface area contributed by atoms with E-state index in [0.29, 0.717) is 22.4 Å². The van der Waals surface area contributed by atoms with Crippen molar-refractivity contribution in [2.24, 2.45) is 0 Å². The molecule has 0 saturated heterocycles. The van der Waals surface area contributed by atoms with E-state index >= 15 is 0 Å². The van der Waals surface area contributed by atoms with Crippen molar-refractivity contribution in [3.8, 4) is 23.1 Å². The molecule has 2 aromatic carbocycles. The summed E-state index contributed by atoms with van der Waals surface area (Å²) in [6, 6.07) is 7.54. The van der Waals surface area contributed by atoms with E-state index in [2.05, 4.69) is 25.8 Å². The molecule has 0 aliphatic rings. The zero-order chi connectivity index (χ0) is 25.2. The zero-order valence-corrected chi connectivity index (χ0v) is 19.2. The maximum atomic E-state index is 14.5. The topological polar surface area (TPSA) is 121 Å². The van der Waals surface area contributed by atoms with Gasteiger partial charge in [0.1, 0.15) is 12.0 Å². The summed E-state index contributed by atoms with van der Waals surface area (Å²) in [5.74, 6) is 0.00557. The van der Waals surface area contributed by atoms with Crippen molar-refractivity contribution in [3.63, 3.8) is 0 Å². The highest BCUT2D eigenvalue weighted by molar-refractivity contribution is 5.99. The van der Waals surface area contributed by atoms with Crippen LogP contribution in [0.3, 0.4) is 0 Å². The van der Waals surface area contributed by atoms with Crippen LogP contribution in [0, 0.1) is 5.82 Å². The van der Waals surface area contributed by atoms with Crippen LogP contribution in [-0.2, 0) is 5.67 Å². The molecule has 0 fully saturated rings. The molecule has 2 N–H and O–H groups in total. The minimum Gasteiger partial charge on any atom is -0.493 e. The number of amides is 2. The van der Waals surface area contributed by atoms with Crippen molar-refractivity contribution < 1.29 is 32.3 Å². The molecule has 0 aliphatic heterocycles. The van der Waals surface area contributed by atoms with Gasteiger partial charge in [-0.15, -0.1) is 0 Å². The SMILES string of the molecule is COc1cc2ncnc(Oc3cc(NC(=O)Nc4cc(C(C)(C)F)no4)ccc3F)c2cc1OC. The van der Waals surface area contributed by atoms with Gasteiger partial charge in [-0.3, -0.25) is 5.32 Å². The van der Waals surface area contributed by atoms with E-state index in [1.807, 2.05) is 0 Å². The largest absolute Gasteiger partial charge is 0.493 e. The van der Waals surface area contributed by atoms with Gasteiger partial charge >= 0.3 is 6.03 Å². The third kappa shape index (κ3) is 5.21. The average molecular weight is 485 g/mol. The Morgan fingerprint density at radius 2 is 1.74 bits per heavy atom. The van der Waals surface area contributed by atoms with Gasteiger partial charge in [0.2, 0.25) is 11.8 Å². The molecule has 182 valence electrons. The number of halogens is 2. The van der Waals surface area contributed by atoms with Crippen LogP contribution in [0.15, 0.2) is 47.2 Å². The van der Waals surface area contributed by atoms with Gasteiger partial charge in [0, 0.05) is 23.9 Å². The Kier molecular flexibility index (Phi) is 6.36. The summed E-state index contributed by atoms with van der Waals surface area (Å²) in [6.07, 6.45) is 1.27. The molecular weight excluding hydrogens is 464 g/mol. The van der Waals surface area contributed by atoms with Crippen LogP contribution in [0.1, 0.15) is 19.5 Å². The number of benzene rings is 2. The molecule has 10 nitrogen and oxygen atoms in total. The number of rotatable bonds is 7. The number of urea groups is 1. The minimum atomic E-state index is -1.73. The summed E-state index contributed by atoms with van der Waals surface area (Å²) in [4.78, 5) is 20.6. The number of methoxy groups -OCH3 is 2. The Morgan fingerprint density at radius 3 is 2.43 bits per heavy atom. The lowest BCUT2D eigenvalue weighted by Crippen LogP contribution is -2.19. The molecule has 0 atom stereocenters.